The molecule has 0 rings (SSSR count). The van der Waals surface area contributed by atoms with Gasteiger partial charge in [-0.1, -0.05) is 0 Å². The number of carboxylic acids is 1. The summed E-state index contributed by atoms with van der Waals surface area (Å²) < 4.78 is 9.95. The van der Waals surface area contributed by atoms with Crippen molar-refractivity contribution in [2.45, 2.75) is 12.6 Å². The SMILES string of the molecule is CC(C(=O)O)[PH](=O)O. The summed E-state index contributed by atoms with van der Waals surface area (Å²) in [7, 11) is -2.86. The Morgan fingerprint density at radius 3 is 2.12 bits per heavy atom. The van der Waals surface area contributed by atoms with Crippen LogP contribution in [0.2, 0.25) is 0 Å². The van der Waals surface area contributed by atoms with E-state index >= 15 is 0 Å². The molecule has 2 N–H and O–H groups in total. The second kappa shape index (κ2) is 2.84. The van der Waals surface area contributed by atoms with E-state index in [1.54, 1.807) is 0 Å². The van der Waals surface area contributed by atoms with Gasteiger partial charge in [-0.25, -0.2) is 0 Å². The molecule has 2 atom stereocenters. The lowest BCUT2D eigenvalue weighted by molar-refractivity contribution is -0.136. The number of carboxylic acid groups (broad SMARTS) is 1. The summed E-state index contributed by atoms with van der Waals surface area (Å²) >= 11 is 0. The monoisotopic (exact) mass is 138 g/mol. The molecule has 0 fully saturated rings. The lowest BCUT2D eigenvalue weighted by atomic mass is 10.5. The third kappa shape index (κ3) is 2.09. The van der Waals surface area contributed by atoms with Crippen molar-refractivity contribution in [1.82, 2.24) is 0 Å². The Hall–Kier alpha value is -0.340. The van der Waals surface area contributed by atoms with E-state index in [1.807, 2.05) is 0 Å². The fraction of sp³-hybridized carbons (Fsp3) is 0.667. The molecule has 0 bridgehead atoms. The van der Waals surface area contributed by atoms with Crippen molar-refractivity contribution in [2.24, 2.45) is 0 Å². The Balaban J connectivity index is 3.83. The van der Waals surface area contributed by atoms with Crippen molar-refractivity contribution in [1.29, 1.82) is 0 Å². The van der Waals surface area contributed by atoms with Crippen molar-refractivity contribution in [3.63, 3.8) is 0 Å². The van der Waals surface area contributed by atoms with Crippen LogP contribution in [0.25, 0.3) is 0 Å². The molecule has 0 aliphatic carbocycles. The molecule has 0 aliphatic rings. The van der Waals surface area contributed by atoms with Crippen LogP contribution in [0.15, 0.2) is 0 Å². The largest absolute Gasteiger partial charge is 0.481 e. The highest BCUT2D eigenvalue weighted by Gasteiger charge is 2.15. The van der Waals surface area contributed by atoms with Crippen molar-refractivity contribution in [3.8, 4) is 0 Å². The minimum atomic E-state index is -2.86. The van der Waals surface area contributed by atoms with Gasteiger partial charge in [-0.15, -0.1) is 0 Å². The van der Waals surface area contributed by atoms with E-state index in [-0.39, 0.29) is 0 Å². The van der Waals surface area contributed by atoms with Gasteiger partial charge in [0.05, 0.1) is 0 Å². The first kappa shape index (κ1) is 7.66. The second-order valence-corrected chi connectivity index (χ2v) is 2.94. The standard InChI is InChI=1S/C3H7O4P/c1-2(3(4)5)8(6)7/h2,8H,1H3,(H,4,5)(H,6,7). The summed E-state index contributed by atoms with van der Waals surface area (Å²) in [5, 5.41) is 8.02. The minimum Gasteiger partial charge on any atom is -0.481 e. The summed E-state index contributed by atoms with van der Waals surface area (Å²) in [5.41, 5.74) is -1.11. The molecule has 2 unspecified atom stereocenters. The fourth-order valence-corrected chi connectivity index (χ4v) is 0.317. The summed E-state index contributed by atoms with van der Waals surface area (Å²) in [6.45, 7) is 1.20. The van der Waals surface area contributed by atoms with Crippen LogP contribution < -0.4 is 0 Å². The molecule has 0 aliphatic heterocycles. The van der Waals surface area contributed by atoms with Crippen LogP contribution in [0.1, 0.15) is 6.92 Å². The zero-order valence-corrected chi connectivity index (χ0v) is 5.29. The van der Waals surface area contributed by atoms with Gasteiger partial charge < -0.3 is 10.00 Å². The third-order valence-electron chi connectivity index (χ3n) is 0.741. The summed E-state index contributed by atoms with van der Waals surface area (Å²) in [5.74, 6) is -1.23. The van der Waals surface area contributed by atoms with Crippen LogP contribution in [-0.4, -0.2) is 21.6 Å². The van der Waals surface area contributed by atoms with Crippen LogP contribution in [0.4, 0.5) is 0 Å². The highest BCUT2D eigenvalue weighted by Crippen LogP contribution is 2.20. The van der Waals surface area contributed by atoms with Gasteiger partial charge in [0.15, 0.2) is 0 Å². The van der Waals surface area contributed by atoms with Gasteiger partial charge in [-0.05, 0) is 6.92 Å². The van der Waals surface area contributed by atoms with E-state index in [9.17, 15) is 9.36 Å². The van der Waals surface area contributed by atoms with Gasteiger partial charge >= 0.3 is 5.97 Å². The lowest BCUT2D eigenvalue weighted by Crippen LogP contribution is -2.10. The second-order valence-electron chi connectivity index (χ2n) is 1.40. The van der Waals surface area contributed by atoms with E-state index in [1.165, 1.54) is 6.92 Å². The van der Waals surface area contributed by atoms with Crippen molar-refractivity contribution in [2.75, 3.05) is 0 Å². The summed E-state index contributed by atoms with van der Waals surface area (Å²) in [6.07, 6.45) is 0. The molecule has 0 heterocycles. The molecule has 8 heavy (non-hydrogen) atoms. The van der Waals surface area contributed by atoms with Gasteiger partial charge in [0.2, 0.25) is 8.03 Å². The van der Waals surface area contributed by atoms with Crippen molar-refractivity contribution < 1.29 is 19.4 Å². The van der Waals surface area contributed by atoms with Crippen LogP contribution in [0.5, 0.6) is 0 Å². The molecule has 0 amide bonds. The molecule has 5 heteroatoms. The maximum Gasteiger partial charge on any atom is 0.315 e. The van der Waals surface area contributed by atoms with Crippen molar-refractivity contribution >= 4 is 14.0 Å². The number of carbonyl (C=O) groups is 1. The first-order chi connectivity index (χ1) is 3.55. The van der Waals surface area contributed by atoms with Gasteiger partial charge in [-0.3, -0.25) is 9.36 Å². The van der Waals surface area contributed by atoms with Crippen LogP contribution in [-0.2, 0) is 9.36 Å². The molecule has 0 spiro atoms. The fourth-order valence-electron chi connectivity index (χ4n) is 0.106. The molecule has 0 aromatic heterocycles. The maximum atomic E-state index is 9.95. The Morgan fingerprint density at radius 2 is 2.12 bits per heavy atom. The topological polar surface area (TPSA) is 74.6 Å². The minimum absolute atomic E-state index is 1.11. The average molecular weight is 138 g/mol. The Labute approximate surface area is 47.0 Å². The quantitative estimate of drug-likeness (QED) is 0.523. The zero-order chi connectivity index (χ0) is 6.73. The highest BCUT2D eigenvalue weighted by molar-refractivity contribution is 7.40. The van der Waals surface area contributed by atoms with Crippen LogP contribution in [0.3, 0.4) is 0 Å². The molecule has 0 aromatic rings. The van der Waals surface area contributed by atoms with Crippen molar-refractivity contribution in [3.05, 3.63) is 0 Å². The number of rotatable bonds is 2. The average Bonchev–Trinajstić information content (AvgIpc) is 1.64. The number of aliphatic carboxylic acids is 1. The molecular formula is C3H7O4P. The highest BCUT2D eigenvalue weighted by atomic mass is 31.1. The number of hydrogen-bond donors (Lipinski definition) is 2. The molecule has 4 nitrogen and oxygen atoms in total. The van der Waals surface area contributed by atoms with Crippen LogP contribution in [0, 0.1) is 0 Å². The normalized spacial score (nSPS) is 17.2. The number of hydrogen-bond acceptors (Lipinski definition) is 2. The Kier molecular flexibility index (Phi) is 2.72. The molecule has 0 aromatic carbocycles. The van der Waals surface area contributed by atoms with E-state index in [4.69, 9.17) is 10.00 Å². The van der Waals surface area contributed by atoms with Gasteiger partial charge in [-0.2, -0.15) is 0 Å². The maximum absolute atomic E-state index is 9.95. The lowest BCUT2D eigenvalue weighted by Gasteiger charge is -1.96. The Morgan fingerprint density at radius 1 is 1.75 bits per heavy atom. The van der Waals surface area contributed by atoms with Gasteiger partial charge in [0.25, 0.3) is 0 Å². The molecule has 48 valence electrons. The van der Waals surface area contributed by atoms with E-state index < -0.39 is 19.7 Å². The summed E-state index contributed by atoms with van der Waals surface area (Å²) in [6, 6.07) is 0. The van der Waals surface area contributed by atoms with Crippen LogP contribution >= 0.6 is 8.03 Å². The third-order valence-corrected chi connectivity index (χ3v) is 1.73. The molecule has 0 radical (unpaired) electrons. The first-order valence-corrected chi connectivity index (χ1v) is 3.44. The molecule has 0 saturated carbocycles. The summed E-state index contributed by atoms with van der Waals surface area (Å²) in [4.78, 5) is 18.0. The smallest absolute Gasteiger partial charge is 0.315 e. The zero-order valence-electron chi connectivity index (χ0n) is 4.29. The predicted molar refractivity (Wildman–Crippen MR) is 28.3 cm³/mol. The predicted octanol–water partition coefficient (Wildman–Crippen LogP) is -0.0735. The van der Waals surface area contributed by atoms with E-state index in [2.05, 4.69) is 0 Å². The van der Waals surface area contributed by atoms with Gasteiger partial charge in [0.1, 0.15) is 5.66 Å². The molecular weight excluding hydrogens is 131 g/mol. The molecule has 0 saturated heterocycles. The van der Waals surface area contributed by atoms with E-state index in [0.29, 0.717) is 0 Å². The van der Waals surface area contributed by atoms with E-state index in [0.717, 1.165) is 0 Å². The van der Waals surface area contributed by atoms with Gasteiger partial charge in [0, 0.05) is 0 Å². The Bertz CT molecular complexity index is 106. The first-order valence-electron chi connectivity index (χ1n) is 2.01.